The molecular weight excluding hydrogens is 400 g/mol. The van der Waals surface area contributed by atoms with Gasteiger partial charge in [0, 0.05) is 37.2 Å². The van der Waals surface area contributed by atoms with Gasteiger partial charge in [0.1, 0.15) is 5.75 Å². The lowest BCUT2D eigenvalue weighted by Gasteiger charge is -2.59. The number of benzene rings is 2. The molecule has 0 spiro atoms. The number of amides is 1. The highest BCUT2D eigenvalue weighted by Crippen LogP contribution is 2.53. The zero-order valence-corrected chi connectivity index (χ0v) is 18.9. The Hall–Kier alpha value is -2.37. The van der Waals surface area contributed by atoms with Crippen LogP contribution >= 0.6 is 0 Å². The molecule has 5 nitrogen and oxygen atoms in total. The molecule has 0 aromatic heterocycles. The van der Waals surface area contributed by atoms with Gasteiger partial charge in [-0.1, -0.05) is 30.3 Å². The van der Waals surface area contributed by atoms with Crippen LogP contribution in [0.25, 0.3) is 0 Å². The van der Waals surface area contributed by atoms with E-state index < -0.39 is 11.0 Å². The Kier molecular flexibility index (Phi) is 5.50. The molecule has 2 saturated carbocycles. The van der Waals surface area contributed by atoms with Crippen molar-refractivity contribution >= 4 is 5.91 Å². The number of fused-ring (bicyclic) bond motifs is 1. The van der Waals surface area contributed by atoms with Crippen LogP contribution in [0.2, 0.25) is 0 Å². The summed E-state index contributed by atoms with van der Waals surface area (Å²) in [5, 5.41) is 22.4. The Morgan fingerprint density at radius 1 is 1.09 bits per heavy atom. The normalized spacial score (nSPS) is 30.5. The van der Waals surface area contributed by atoms with Crippen LogP contribution in [0.15, 0.2) is 54.6 Å². The highest BCUT2D eigenvalue weighted by molar-refractivity contribution is 5.94. The van der Waals surface area contributed by atoms with E-state index >= 15 is 0 Å². The molecule has 5 rings (SSSR count). The molecule has 1 heterocycles. The fourth-order valence-corrected chi connectivity index (χ4v) is 6.14. The fourth-order valence-electron chi connectivity index (χ4n) is 6.14. The summed E-state index contributed by atoms with van der Waals surface area (Å²) < 4.78 is 0. The first-order valence-electron chi connectivity index (χ1n) is 12.0. The van der Waals surface area contributed by atoms with Crippen molar-refractivity contribution in [2.24, 2.45) is 5.92 Å². The predicted octanol–water partition coefficient (Wildman–Crippen LogP) is 3.80. The van der Waals surface area contributed by atoms with Gasteiger partial charge < -0.3 is 20.0 Å². The minimum atomic E-state index is -0.860. The van der Waals surface area contributed by atoms with Crippen molar-refractivity contribution in [1.82, 2.24) is 9.80 Å². The number of phenolic OH excluding ortho intramolecular Hbond substituents is 1. The van der Waals surface area contributed by atoms with Crippen LogP contribution in [0, 0.1) is 5.92 Å². The Balaban J connectivity index is 1.45. The van der Waals surface area contributed by atoms with Crippen LogP contribution in [-0.2, 0) is 5.41 Å². The third kappa shape index (κ3) is 3.82. The number of carbonyl (C=O) groups is 1. The van der Waals surface area contributed by atoms with Crippen LogP contribution in [0.4, 0.5) is 0 Å². The van der Waals surface area contributed by atoms with Gasteiger partial charge in [-0.2, -0.15) is 0 Å². The first-order chi connectivity index (χ1) is 15.4. The molecule has 170 valence electrons. The van der Waals surface area contributed by atoms with E-state index in [4.69, 9.17) is 0 Å². The molecule has 3 atom stereocenters. The second-order valence-corrected chi connectivity index (χ2v) is 10.3. The van der Waals surface area contributed by atoms with Gasteiger partial charge in [-0.25, -0.2) is 0 Å². The maximum absolute atomic E-state index is 13.2. The smallest absolute Gasteiger partial charge is 0.253 e. The monoisotopic (exact) mass is 434 g/mol. The van der Waals surface area contributed by atoms with Gasteiger partial charge >= 0.3 is 0 Å². The molecule has 0 radical (unpaired) electrons. The first-order valence-corrected chi connectivity index (χ1v) is 12.0. The standard InChI is InChI=1S/C27H34N2O3/c1-28(25(31)21-6-3-2-4-7-21)23-12-13-27(32)19-29(18-20-10-11-20)15-14-26(27,17-23)22-8-5-9-24(30)16-22/h2-9,16,20,23,30,32H,10-15,17-19H2,1H3. The van der Waals surface area contributed by atoms with Gasteiger partial charge in [0.15, 0.2) is 0 Å². The number of carbonyl (C=O) groups excluding carboxylic acids is 1. The van der Waals surface area contributed by atoms with Gasteiger partial charge in [0.2, 0.25) is 0 Å². The fraction of sp³-hybridized carbons (Fsp3) is 0.519. The molecular formula is C27H34N2O3. The van der Waals surface area contributed by atoms with Crippen molar-refractivity contribution < 1.29 is 15.0 Å². The van der Waals surface area contributed by atoms with E-state index in [2.05, 4.69) is 4.90 Å². The van der Waals surface area contributed by atoms with Gasteiger partial charge in [0.05, 0.1) is 5.60 Å². The lowest BCUT2D eigenvalue weighted by atomic mass is 9.55. The van der Waals surface area contributed by atoms with Gasteiger partial charge in [-0.15, -0.1) is 0 Å². The van der Waals surface area contributed by atoms with Crippen molar-refractivity contribution in [2.75, 3.05) is 26.7 Å². The van der Waals surface area contributed by atoms with Crippen molar-refractivity contribution in [3.05, 3.63) is 65.7 Å². The number of hydrogen-bond donors (Lipinski definition) is 2. The Morgan fingerprint density at radius 2 is 1.88 bits per heavy atom. The number of phenols is 1. The number of hydrogen-bond acceptors (Lipinski definition) is 4. The number of aliphatic hydroxyl groups is 1. The summed E-state index contributed by atoms with van der Waals surface area (Å²) in [6.07, 6.45) is 5.59. The summed E-state index contributed by atoms with van der Waals surface area (Å²) in [6.45, 7) is 2.69. The molecule has 0 bridgehead atoms. The van der Waals surface area contributed by atoms with E-state index in [1.807, 2.05) is 60.5 Å². The summed E-state index contributed by atoms with van der Waals surface area (Å²) in [7, 11) is 1.89. The summed E-state index contributed by atoms with van der Waals surface area (Å²) in [5.74, 6) is 1.05. The molecule has 2 N–H and O–H groups in total. The topological polar surface area (TPSA) is 64.0 Å². The van der Waals surface area contributed by atoms with E-state index in [9.17, 15) is 15.0 Å². The largest absolute Gasteiger partial charge is 0.508 e. The first kappa shape index (κ1) is 21.5. The summed E-state index contributed by atoms with van der Waals surface area (Å²) in [5.41, 5.74) is 0.360. The van der Waals surface area contributed by atoms with Gasteiger partial charge in [0.25, 0.3) is 5.91 Å². The molecule has 3 fully saturated rings. The minimum absolute atomic E-state index is 0.0262. The van der Waals surface area contributed by atoms with Crippen molar-refractivity contribution in [2.45, 2.75) is 55.6 Å². The molecule has 3 aliphatic rings. The number of rotatable bonds is 5. The zero-order valence-electron chi connectivity index (χ0n) is 18.9. The van der Waals surface area contributed by atoms with Crippen LogP contribution in [0.3, 0.4) is 0 Å². The van der Waals surface area contributed by atoms with Crippen LogP contribution in [-0.4, -0.2) is 64.2 Å². The summed E-state index contributed by atoms with van der Waals surface area (Å²) in [6, 6.07) is 16.9. The summed E-state index contributed by atoms with van der Waals surface area (Å²) >= 11 is 0. The van der Waals surface area contributed by atoms with Crippen molar-refractivity contribution in [3.63, 3.8) is 0 Å². The molecule has 5 heteroatoms. The van der Waals surface area contributed by atoms with Crippen LogP contribution < -0.4 is 0 Å². The Labute approximate surface area is 190 Å². The second kappa shape index (κ2) is 8.20. The molecule has 1 amide bonds. The number of piperidine rings is 1. The van der Waals surface area contributed by atoms with E-state index in [1.54, 1.807) is 6.07 Å². The minimum Gasteiger partial charge on any atom is -0.508 e. The molecule has 2 aromatic carbocycles. The maximum Gasteiger partial charge on any atom is 0.253 e. The molecule has 2 aliphatic carbocycles. The average molecular weight is 435 g/mol. The van der Waals surface area contributed by atoms with Crippen LogP contribution in [0.1, 0.15) is 54.4 Å². The van der Waals surface area contributed by atoms with Crippen molar-refractivity contribution in [3.8, 4) is 5.75 Å². The second-order valence-electron chi connectivity index (χ2n) is 10.3. The number of nitrogens with zero attached hydrogens (tertiary/aromatic N) is 2. The quantitative estimate of drug-likeness (QED) is 0.751. The predicted molar refractivity (Wildman–Crippen MR) is 125 cm³/mol. The summed E-state index contributed by atoms with van der Waals surface area (Å²) in [4.78, 5) is 17.5. The number of likely N-dealkylation sites (tertiary alicyclic amines) is 1. The van der Waals surface area contributed by atoms with Crippen molar-refractivity contribution in [1.29, 1.82) is 0 Å². The SMILES string of the molecule is CN(C(=O)c1ccccc1)C1CCC2(O)CN(CC3CC3)CCC2(c2cccc(O)c2)C1. The molecule has 1 aliphatic heterocycles. The maximum atomic E-state index is 13.2. The highest BCUT2D eigenvalue weighted by atomic mass is 16.3. The third-order valence-electron chi connectivity index (χ3n) is 8.21. The number of β-amino-alcohol motifs (C(OH)–C–C–N with tert-alkyl or cyclic N) is 1. The van der Waals surface area contributed by atoms with E-state index in [1.165, 1.54) is 12.8 Å². The van der Waals surface area contributed by atoms with Gasteiger partial charge in [-0.3, -0.25) is 4.79 Å². The average Bonchev–Trinajstić information content (AvgIpc) is 3.62. The van der Waals surface area contributed by atoms with E-state index in [-0.39, 0.29) is 17.7 Å². The molecule has 3 unspecified atom stereocenters. The lowest BCUT2D eigenvalue weighted by molar-refractivity contribution is -0.132. The zero-order chi connectivity index (χ0) is 22.3. The lowest BCUT2D eigenvalue weighted by Crippen LogP contribution is -2.67. The number of aromatic hydroxyl groups is 1. The van der Waals surface area contributed by atoms with Crippen LogP contribution in [0.5, 0.6) is 5.75 Å². The van der Waals surface area contributed by atoms with Gasteiger partial charge in [-0.05, 0) is 80.8 Å². The Morgan fingerprint density at radius 3 is 2.59 bits per heavy atom. The molecule has 32 heavy (non-hydrogen) atoms. The third-order valence-corrected chi connectivity index (χ3v) is 8.21. The van der Waals surface area contributed by atoms with E-state index in [0.29, 0.717) is 24.9 Å². The highest BCUT2D eigenvalue weighted by Gasteiger charge is 2.58. The Bertz CT molecular complexity index is 976. The molecule has 2 aromatic rings. The molecule has 1 saturated heterocycles. The van der Waals surface area contributed by atoms with E-state index in [0.717, 1.165) is 37.4 Å².